The molecule has 64 valence electrons. The van der Waals surface area contributed by atoms with Crippen LogP contribution in [0.4, 0.5) is 11.4 Å². The SMILES string of the molecule is Nc1ccc(N2CCOC2)cc1. The summed E-state index contributed by atoms with van der Waals surface area (Å²) >= 11 is 0. The van der Waals surface area contributed by atoms with Gasteiger partial charge in [0.15, 0.2) is 0 Å². The Morgan fingerprint density at radius 3 is 2.58 bits per heavy atom. The second-order valence-corrected chi connectivity index (χ2v) is 2.89. The third kappa shape index (κ3) is 1.36. The first-order chi connectivity index (χ1) is 5.86. The summed E-state index contributed by atoms with van der Waals surface area (Å²) in [6, 6.07) is 7.86. The van der Waals surface area contributed by atoms with E-state index in [1.165, 1.54) is 5.69 Å². The first kappa shape index (κ1) is 7.43. The van der Waals surface area contributed by atoms with Crippen molar-refractivity contribution in [3.05, 3.63) is 24.3 Å². The van der Waals surface area contributed by atoms with E-state index in [9.17, 15) is 0 Å². The molecule has 0 amide bonds. The Morgan fingerprint density at radius 2 is 2.00 bits per heavy atom. The van der Waals surface area contributed by atoms with Crippen LogP contribution in [0.5, 0.6) is 0 Å². The Balaban J connectivity index is 2.17. The summed E-state index contributed by atoms with van der Waals surface area (Å²) in [5.41, 5.74) is 7.56. The van der Waals surface area contributed by atoms with E-state index in [2.05, 4.69) is 4.90 Å². The normalized spacial score (nSPS) is 16.8. The number of nitrogen functional groups attached to an aromatic ring is 1. The monoisotopic (exact) mass is 164 g/mol. The lowest BCUT2D eigenvalue weighted by atomic mass is 10.2. The van der Waals surface area contributed by atoms with Crippen LogP contribution in [0.15, 0.2) is 24.3 Å². The highest BCUT2D eigenvalue weighted by Gasteiger charge is 2.11. The molecule has 0 bridgehead atoms. The lowest BCUT2D eigenvalue weighted by molar-refractivity contribution is 0.201. The van der Waals surface area contributed by atoms with Gasteiger partial charge in [0, 0.05) is 17.9 Å². The topological polar surface area (TPSA) is 38.5 Å². The number of ether oxygens (including phenoxy) is 1. The van der Waals surface area contributed by atoms with E-state index in [1.807, 2.05) is 24.3 Å². The summed E-state index contributed by atoms with van der Waals surface area (Å²) in [7, 11) is 0. The van der Waals surface area contributed by atoms with Crippen LogP contribution in [0.2, 0.25) is 0 Å². The van der Waals surface area contributed by atoms with Crippen LogP contribution in [-0.4, -0.2) is 19.9 Å². The van der Waals surface area contributed by atoms with E-state index < -0.39 is 0 Å². The molecule has 3 nitrogen and oxygen atoms in total. The third-order valence-corrected chi connectivity index (χ3v) is 2.01. The molecule has 1 fully saturated rings. The fourth-order valence-corrected chi connectivity index (χ4v) is 1.30. The molecule has 0 atom stereocenters. The summed E-state index contributed by atoms with van der Waals surface area (Å²) in [4.78, 5) is 2.18. The Labute approximate surface area is 71.7 Å². The van der Waals surface area contributed by atoms with Crippen molar-refractivity contribution in [1.82, 2.24) is 0 Å². The highest BCUT2D eigenvalue weighted by molar-refractivity contribution is 5.53. The van der Waals surface area contributed by atoms with Gasteiger partial charge >= 0.3 is 0 Å². The minimum Gasteiger partial charge on any atom is -0.399 e. The van der Waals surface area contributed by atoms with Gasteiger partial charge in [-0.1, -0.05) is 0 Å². The molecule has 1 aliphatic rings. The number of nitrogens with zero attached hydrogens (tertiary/aromatic N) is 1. The Bertz CT molecular complexity index is 252. The van der Waals surface area contributed by atoms with E-state index in [1.54, 1.807) is 0 Å². The molecule has 0 aliphatic carbocycles. The summed E-state index contributed by atoms with van der Waals surface area (Å²) in [5.74, 6) is 0. The molecule has 1 saturated heterocycles. The van der Waals surface area contributed by atoms with Crippen LogP contribution >= 0.6 is 0 Å². The Morgan fingerprint density at radius 1 is 1.25 bits per heavy atom. The van der Waals surface area contributed by atoms with Crippen LogP contribution in [0.3, 0.4) is 0 Å². The van der Waals surface area contributed by atoms with E-state index >= 15 is 0 Å². The molecule has 2 rings (SSSR count). The first-order valence-corrected chi connectivity index (χ1v) is 4.04. The zero-order valence-corrected chi connectivity index (χ0v) is 6.86. The van der Waals surface area contributed by atoms with Gasteiger partial charge in [0.05, 0.1) is 6.61 Å². The molecule has 0 unspecified atom stereocenters. The van der Waals surface area contributed by atoms with Crippen molar-refractivity contribution >= 4 is 11.4 Å². The largest absolute Gasteiger partial charge is 0.399 e. The summed E-state index contributed by atoms with van der Waals surface area (Å²) in [6.07, 6.45) is 0. The summed E-state index contributed by atoms with van der Waals surface area (Å²) < 4.78 is 5.24. The van der Waals surface area contributed by atoms with Crippen LogP contribution in [0, 0.1) is 0 Å². The van der Waals surface area contributed by atoms with Gasteiger partial charge in [-0.2, -0.15) is 0 Å². The smallest absolute Gasteiger partial charge is 0.119 e. The van der Waals surface area contributed by atoms with E-state index in [4.69, 9.17) is 10.5 Å². The molecule has 1 aliphatic heterocycles. The van der Waals surface area contributed by atoms with Gasteiger partial charge in [0.1, 0.15) is 6.73 Å². The number of hydrogen-bond acceptors (Lipinski definition) is 3. The second-order valence-electron chi connectivity index (χ2n) is 2.89. The molecular formula is C9H12N2O. The molecule has 3 heteroatoms. The maximum atomic E-state index is 5.58. The second kappa shape index (κ2) is 3.03. The summed E-state index contributed by atoms with van der Waals surface area (Å²) in [6.45, 7) is 2.50. The molecular weight excluding hydrogens is 152 g/mol. The van der Waals surface area contributed by atoms with Crippen molar-refractivity contribution in [3.8, 4) is 0 Å². The fourth-order valence-electron chi connectivity index (χ4n) is 1.30. The van der Waals surface area contributed by atoms with Crippen molar-refractivity contribution in [3.63, 3.8) is 0 Å². The maximum absolute atomic E-state index is 5.58. The van der Waals surface area contributed by atoms with Crippen LogP contribution in [-0.2, 0) is 4.74 Å². The van der Waals surface area contributed by atoms with Crippen molar-refractivity contribution in [2.75, 3.05) is 30.5 Å². The minimum atomic E-state index is 0.698. The number of rotatable bonds is 1. The van der Waals surface area contributed by atoms with Gasteiger partial charge < -0.3 is 15.4 Å². The van der Waals surface area contributed by atoms with Crippen molar-refractivity contribution in [1.29, 1.82) is 0 Å². The highest BCUT2D eigenvalue weighted by atomic mass is 16.5. The Kier molecular flexibility index (Phi) is 1.87. The van der Waals surface area contributed by atoms with Gasteiger partial charge in [-0.25, -0.2) is 0 Å². The van der Waals surface area contributed by atoms with E-state index in [0.717, 1.165) is 18.8 Å². The van der Waals surface area contributed by atoms with Gasteiger partial charge in [0.25, 0.3) is 0 Å². The summed E-state index contributed by atoms with van der Waals surface area (Å²) in [5, 5.41) is 0. The molecule has 1 aromatic carbocycles. The lowest BCUT2D eigenvalue weighted by Crippen LogP contribution is -2.18. The third-order valence-electron chi connectivity index (χ3n) is 2.01. The van der Waals surface area contributed by atoms with Crippen LogP contribution in [0.25, 0.3) is 0 Å². The van der Waals surface area contributed by atoms with Crippen molar-refractivity contribution < 1.29 is 4.74 Å². The lowest BCUT2D eigenvalue weighted by Gasteiger charge is -2.15. The number of nitrogens with two attached hydrogens (primary N) is 1. The number of benzene rings is 1. The standard InChI is InChI=1S/C9H12N2O/c10-8-1-3-9(4-2-8)11-5-6-12-7-11/h1-4H,5-7,10H2. The first-order valence-electron chi connectivity index (χ1n) is 4.04. The van der Waals surface area contributed by atoms with Crippen LogP contribution < -0.4 is 10.6 Å². The molecule has 12 heavy (non-hydrogen) atoms. The Hall–Kier alpha value is -1.22. The fraction of sp³-hybridized carbons (Fsp3) is 0.333. The quantitative estimate of drug-likeness (QED) is 0.631. The zero-order valence-electron chi connectivity index (χ0n) is 6.86. The molecule has 1 heterocycles. The van der Waals surface area contributed by atoms with E-state index in [0.29, 0.717) is 6.73 Å². The molecule has 1 aromatic rings. The van der Waals surface area contributed by atoms with Gasteiger partial charge in [0.2, 0.25) is 0 Å². The number of anilines is 2. The van der Waals surface area contributed by atoms with Gasteiger partial charge in [-0.15, -0.1) is 0 Å². The highest BCUT2D eigenvalue weighted by Crippen LogP contribution is 2.17. The van der Waals surface area contributed by atoms with Crippen molar-refractivity contribution in [2.45, 2.75) is 0 Å². The molecule has 0 aromatic heterocycles. The molecule has 2 N–H and O–H groups in total. The minimum absolute atomic E-state index is 0.698. The average Bonchev–Trinajstić information content (AvgIpc) is 2.58. The van der Waals surface area contributed by atoms with Gasteiger partial charge in [-0.05, 0) is 24.3 Å². The predicted molar refractivity (Wildman–Crippen MR) is 49.0 cm³/mol. The molecule has 0 saturated carbocycles. The predicted octanol–water partition coefficient (Wildman–Crippen LogP) is 1.06. The zero-order chi connectivity index (χ0) is 8.39. The van der Waals surface area contributed by atoms with E-state index in [-0.39, 0.29) is 0 Å². The van der Waals surface area contributed by atoms with Crippen LogP contribution in [0.1, 0.15) is 0 Å². The number of hydrogen-bond donors (Lipinski definition) is 1. The molecule has 0 spiro atoms. The van der Waals surface area contributed by atoms with Gasteiger partial charge in [-0.3, -0.25) is 0 Å². The van der Waals surface area contributed by atoms with Crippen molar-refractivity contribution in [2.24, 2.45) is 0 Å². The molecule has 0 radical (unpaired) electrons. The average molecular weight is 164 g/mol. The maximum Gasteiger partial charge on any atom is 0.119 e.